The van der Waals surface area contributed by atoms with Gasteiger partial charge in [-0.25, -0.2) is 8.42 Å². The number of anilines is 1. The maximum atomic E-state index is 12.8. The van der Waals surface area contributed by atoms with Crippen molar-refractivity contribution in [3.8, 4) is 0 Å². The zero-order valence-corrected chi connectivity index (χ0v) is 26.8. The van der Waals surface area contributed by atoms with Crippen molar-refractivity contribution in [3.63, 3.8) is 0 Å². The van der Waals surface area contributed by atoms with E-state index in [0.29, 0.717) is 11.3 Å². The average molecular weight is 604 g/mol. The quantitative estimate of drug-likeness (QED) is 0.360. The molecule has 1 atom stereocenters. The van der Waals surface area contributed by atoms with Gasteiger partial charge in [-0.2, -0.15) is 0 Å². The first-order chi connectivity index (χ1) is 20.9. The van der Waals surface area contributed by atoms with E-state index >= 15 is 0 Å². The van der Waals surface area contributed by atoms with Crippen molar-refractivity contribution < 1.29 is 8.42 Å². The summed E-state index contributed by atoms with van der Waals surface area (Å²) in [6.07, 6.45) is 10.4. The molecule has 3 heterocycles. The van der Waals surface area contributed by atoms with Crippen LogP contribution in [-0.2, 0) is 21.8 Å². The standard InChI is InChI=1S/C35H49N5O2S/c1-3-38-25-28-8-4-7-11-34(28)35(26-38,29-9-5-6-10-29)30-16-18-39(19-17-30)22-27-23-40(24-27)31-12-14-32(15-13-31)43(41,42)33(20-36)21-37-2/h4,7-8,11-15,20-21,27,29-30,36-37H,3,5-6,9-10,16-19,22-26H2,1-2H3/b33-21+,36-20?. The molecule has 1 saturated carbocycles. The number of fused-ring (bicyclic) bond motifs is 1. The number of benzene rings is 2. The maximum Gasteiger partial charge on any atom is 0.209 e. The van der Waals surface area contributed by atoms with Gasteiger partial charge >= 0.3 is 0 Å². The summed E-state index contributed by atoms with van der Waals surface area (Å²) in [5, 5.41) is 10.2. The molecule has 6 rings (SSSR count). The Morgan fingerprint density at radius 2 is 1.65 bits per heavy atom. The molecule has 43 heavy (non-hydrogen) atoms. The van der Waals surface area contributed by atoms with E-state index < -0.39 is 9.84 Å². The summed E-state index contributed by atoms with van der Waals surface area (Å²) in [6.45, 7) is 11.4. The molecule has 2 saturated heterocycles. The minimum absolute atomic E-state index is 0.0416. The van der Waals surface area contributed by atoms with Crippen LogP contribution in [0.3, 0.4) is 0 Å². The predicted octanol–water partition coefficient (Wildman–Crippen LogP) is 5.28. The summed E-state index contributed by atoms with van der Waals surface area (Å²) in [6, 6.07) is 16.6. The van der Waals surface area contributed by atoms with Crippen molar-refractivity contribution in [2.45, 2.75) is 62.3 Å². The summed E-state index contributed by atoms with van der Waals surface area (Å²) in [7, 11) is -2.06. The first-order valence-electron chi connectivity index (χ1n) is 16.4. The number of likely N-dealkylation sites (N-methyl/N-ethyl adjacent to an activating group) is 1. The van der Waals surface area contributed by atoms with Crippen molar-refractivity contribution in [3.05, 3.63) is 70.8 Å². The van der Waals surface area contributed by atoms with Gasteiger partial charge in [-0.05, 0) is 92.5 Å². The third-order valence-electron chi connectivity index (χ3n) is 11.0. The Balaban J connectivity index is 1.07. The fourth-order valence-electron chi connectivity index (χ4n) is 8.76. The Hall–Kier alpha value is -2.68. The molecule has 0 radical (unpaired) electrons. The Morgan fingerprint density at radius 1 is 0.977 bits per heavy atom. The van der Waals surface area contributed by atoms with Crippen LogP contribution in [0.2, 0.25) is 0 Å². The molecule has 7 nitrogen and oxygen atoms in total. The smallest absolute Gasteiger partial charge is 0.209 e. The number of nitrogens with one attached hydrogen (secondary N) is 2. The van der Waals surface area contributed by atoms with Crippen molar-refractivity contribution in [2.75, 3.05) is 57.8 Å². The minimum atomic E-state index is -3.69. The monoisotopic (exact) mass is 603 g/mol. The molecular weight excluding hydrogens is 554 g/mol. The third kappa shape index (κ3) is 5.78. The SMILES string of the molecule is CCN1Cc2ccccc2C(C2CCCC2)(C2CCN(CC3CN(c4ccc(S(=O)(=O)/C(C=N)=C/NC)cc4)C3)CC2)C1. The van der Waals surface area contributed by atoms with E-state index in [1.807, 2.05) is 12.1 Å². The molecule has 0 aromatic heterocycles. The Morgan fingerprint density at radius 3 is 2.30 bits per heavy atom. The van der Waals surface area contributed by atoms with E-state index in [1.54, 1.807) is 30.3 Å². The zero-order chi connectivity index (χ0) is 30.0. The Bertz CT molecular complexity index is 1400. The van der Waals surface area contributed by atoms with Gasteiger partial charge in [-0.1, -0.05) is 44.0 Å². The molecule has 0 spiro atoms. The van der Waals surface area contributed by atoms with Crippen LogP contribution in [0, 0.1) is 23.2 Å². The number of rotatable bonds is 10. The second kappa shape index (κ2) is 12.7. The number of likely N-dealkylation sites (tertiary alicyclic amines) is 1. The molecule has 2 aromatic rings. The van der Waals surface area contributed by atoms with Gasteiger partial charge in [-0.3, -0.25) is 4.90 Å². The predicted molar refractivity (Wildman–Crippen MR) is 175 cm³/mol. The van der Waals surface area contributed by atoms with Gasteiger partial charge in [0.2, 0.25) is 9.84 Å². The van der Waals surface area contributed by atoms with E-state index in [-0.39, 0.29) is 9.80 Å². The van der Waals surface area contributed by atoms with Crippen LogP contribution in [0.1, 0.15) is 56.6 Å². The number of piperidine rings is 1. The van der Waals surface area contributed by atoms with Gasteiger partial charge in [-0.15, -0.1) is 0 Å². The lowest BCUT2D eigenvalue weighted by Crippen LogP contribution is -2.57. The summed E-state index contributed by atoms with van der Waals surface area (Å²) < 4.78 is 25.6. The molecule has 2 aromatic carbocycles. The second-order valence-electron chi connectivity index (χ2n) is 13.3. The summed E-state index contributed by atoms with van der Waals surface area (Å²) in [5.41, 5.74) is 4.64. The van der Waals surface area contributed by atoms with Crippen LogP contribution < -0.4 is 10.2 Å². The van der Waals surface area contributed by atoms with Crippen LogP contribution in [-0.4, -0.2) is 77.3 Å². The molecular formula is C35H49N5O2S. The topological polar surface area (TPSA) is 79.7 Å². The minimum Gasteiger partial charge on any atom is -0.393 e. The van der Waals surface area contributed by atoms with Crippen LogP contribution in [0.4, 0.5) is 5.69 Å². The first kappa shape index (κ1) is 30.4. The molecule has 2 N–H and O–H groups in total. The lowest BCUT2D eigenvalue weighted by atomic mass is 9.57. The molecule has 3 fully saturated rings. The number of allylic oxidation sites excluding steroid dienone is 1. The van der Waals surface area contributed by atoms with Gasteiger partial charge in [0.15, 0.2) is 0 Å². The van der Waals surface area contributed by atoms with E-state index in [1.165, 1.54) is 64.4 Å². The molecule has 4 aliphatic rings. The van der Waals surface area contributed by atoms with Gasteiger partial charge < -0.3 is 20.5 Å². The van der Waals surface area contributed by atoms with Crippen LogP contribution >= 0.6 is 0 Å². The highest BCUT2D eigenvalue weighted by Gasteiger charge is 2.51. The fraction of sp³-hybridized carbons (Fsp3) is 0.571. The van der Waals surface area contributed by atoms with Crippen LogP contribution in [0.5, 0.6) is 0 Å². The molecule has 0 amide bonds. The molecule has 3 aliphatic heterocycles. The normalized spacial score (nSPS) is 25.0. The van der Waals surface area contributed by atoms with Crippen molar-refractivity contribution in [1.29, 1.82) is 5.41 Å². The molecule has 0 bridgehead atoms. The van der Waals surface area contributed by atoms with Gasteiger partial charge in [0.25, 0.3) is 0 Å². The maximum absolute atomic E-state index is 12.8. The first-order valence-corrected chi connectivity index (χ1v) is 17.9. The average Bonchev–Trinajstić information content (AvgIpc) is 3.57. The van der Waals surface area contributed by atoms with Crippen molar-refractivity contribution in [1.82, 2.24) is 15.1 Å². The Kier molecular flexibility index (Phi) is 8.99. The van der Waals surface area contributed by atoms with Crippen LogP contribution in [0.15, 0.2) is 64.5 Å². The van der Waals surface area contributed by atoms with Crippen molar-refractivity contribution in [2.24, 2.45) is 17.8 Å². The van der Waals surface area contributed by atoms with E-state index in [9.17, 15) is 8.42 Å². The van der Waals surface area contributed by atoms with E-state index in [2.05, 4.69) is 51.2 Å². The summed E-state index contributed by atoms with van der Waals surface area (Å²) >= 11 is 0. The second-order valence-corrected chi connectivity index (χ2v) is 15.3. The number of hydrogen-bond donors (Lipinski definition) is 2. The Labute approximate surface area is 258 Å². The van der Waals surface area contributed by atoms with Crippen molar-refractivity contribution >= 4 is 21.7 Å². The zero-order valence-electron chi connectivity index (χ0n) is 26.0. The number of sulfone groups is 1. The lowest BCUT2D eigenvalue weighted by Gasteiger charge is -2.54. The van der Waals surface area contributed by atoms with E-state index in [4.69, 9.17) is 5.41 Å². The third-order valence-corrected chi connectivity index (χ3v) is 12.7. The fourth-order valence-corrected chi connectivity index (χ4v) is 9.96. The molecule has 8 heteroatoms. The molecule has 1 aliphatic carbocycles. The summed E-state index contributed by atoms with van der Waals surface area (Å²) in [5.74, 6) is 2.22. The van der Waals surface area contributed by atoms with E-state index in [0.717, 1.165) is 56.5 Å². The van der Waals surface area contributed by atoms with Gasteiger partial charge in [0, 0.05) is 69.2 Å². The molecule has 232 valence electrons. The highest BCUT2D eigenvalue weighted by atomic mass is 32.2. The summed E-state index contributed by atoms with van der Waals surface area (Å²) in [4.78, 5) is 7.97. The highest BCUT2D eigenvalue weighted by molar-refractivity contribution is 7.96. The number of hydrogen-bond acceptors (Lipinski definition) is 7. The largest absolute Gasteiger partial charge is 0.393 e. The van der Waals surface area contributed by atoms with Gasteiger partial charge in [0.1, 0.15) is 4.91 Å². The highest BCUT2D eigenvalue weighted by Crippen LogP contribution is 2.53. The lowest BCUT2D eigenvalue weighted by molar-refractivity contribution is 0.0359. The van der Waals surface area contributed by atoms with Crippen LogP contribution in [0.25, 0.3) is 0 Å². The molecule has 1 unspecified atom stereocenters. The number of nitrogens with zero attached hydrogens (tertiary/aromatic N) is 3. The van der Waals surface area contributed by atoms with Gasteiger partial charge in [0.05, 0.1) is 4.90 Å².